The zero-order valence-corrected chi connectivity index (χ0v) is 16.6. The van der Waals surface area contributed by atoms with Crippen molar-refractivity contribution in [3.8, 4) is 5.75 Å². The van der Waals surface area contributed by atoms with Crippen LogP contribution in [0, 0.1) is 6.92 Å². The van der Waals surface area contributed by atoms with Crippen molar-refractivity contribution in [3.05, 3.63) is 64.3 Å². The molecule has 3 rings (SSSR count). The minimum Gasteiger partial charge on any atom is -0.497 e. The van der Waals surface area contributed by atoms with Gasteiger partial charge in [-0.25, -0.2) is 0 Å². The van der Waals surface area contributed by atoms with E-state index in [4.69, 9.17) is 22.1 Å². The van der Waals surface area contributed by atoms with E-state index in [-0.39, 0.29) is 12.3 Å². The molecule has 0 spiro atoms. The van der Waals surface area contributed by atoms with E-state index in [1.165, 1.54) is 0 Å². The molecule has 1 heterocycles. The van der Waals surface area contributed by atoms with Crippen molar-refractivity contribution >= 4 is 34.3 Å². The van der Waals surface area contributed by atoms with Crippen molar-refractivity contribution in [2.45, 2.75) is 27.2 Å². The Hall–Kier alpha value is -2.79. The maximum Gasteiger partial charge on any atom is 0.262 e. The van der Waals surface area contributed by atoms with Gasteiger partial charge in [0.15, 0.2) is 0 Å². The standard InChI is InChI=1S/C19H17ClN2O3.C2H6/c1-11-15(10-18(21)23)16-9-14(25-2)7-8-17(16)22(11)19(24)12-3-5-13(20)6-4-12;1-2/h3-9H,10H2,1-2H3,(H2,21,23);1-2H3. The van der Waals surface area contributed by atoms with Gasteiger partial charge >= 0.3 is 0 Å². The van der Waals surface area contributed by atoms with Crippen LogP contribution in [0.15, 0.2) is 42.5 Å². The molecule has 1 amide bonds. The first-order chi connectivity index (χ1) is 12.9. The molecule has 2 N–H and O–H groups in total. The van der Waals surface area contributed by atoms with Crippen molar-refractivity contribution in [2.24, 2.45) is 5.73 Å². The highest BCUT2D eigenvalue weighted by Gasteiger charge is 2.21. The molecule has 0 aliphatic rings. The molecule has 0 aliphatic heterocycles. The van der Waals surface area contributed by atoms with Crippen LogP contribution in [-0.4, -0.2) is 23.5 Å². The van der Waals surface area contributed by atoms with E-state index in [1.807, 2.05) is 19.9 Å². The Kier molecular flexibility index (Phi) is 6.64. The van der Waals surface area contributed by atoms with Crippen LogP contribution in [0.1, 0.15) is 35.5 Å². The summed E-state index contributed by atoms with van der Waals surface area (Å²) in [6, 6.07) is 12.1. The summed E-state index contributed by atoms with van der Waals surface area (Å²) in [5.41, 5.74) is 8.01. The molecule has 3 aromatic rings. The Labute approximate surface area is 163 Å². The second-order valence-electron chi connectivity index (χ2n) is 5.74. The third-order valence-electron chi connectivity index (χ3n) is 4.19. The molecular formula is C21H23ClN2O3. The molecule has 0 saturated heterocycles. The van der Waals surface area contributed by atoms with Gasteiger partial charge in [-0.05, 0) is 55.0 Å². The van der Waals surface area contributed by atoms with E-state index in [0.717, 1.165) is 10.9 Å². The highest BCUT2D eigenvalue weighted by atomic mass is 35.5. The van der Waals surface area contributed by atoms with Gasteiger partial charge in [0.05, 0.1) is 19.0 Å². The topological polar surface area (TPSA) is 74.3 Å². The van der Waals surface area contributed by atoms with Gasteiger partial charge in [0.25, 0.3) is 5.91 Å². The van der Waals surface area contributed by atoms with Gasteiger partial charge in [-0.15, -0.1) is 0 Å². The Bertz CT molecular complexity index is 975. The minimum absolute atomic E-state index is 0.0520. The number of halogens is 1. The number of hydrogen-bond donors (Lipinski definition) is 1. The lowest BCUT2D eigenvalue weighted by Crippen LogP contribution is -2.16. The molecule has 1 aromatic heterocycles. The number of fused-ring (bicyclic) bond motifs is 1. The second-order valence-corrected chi connectivity index (χ2v) is 6.17. The summed E-state index contributed by atoms with van der Waals surface area (Å²) < 4.78 is 6.86. The van der Waals surface area contributed by atoms with E-state index in [1.54, 1.807) is 55.0 Å². The number of hydrogen-bond acceptors (Lipinski definition) is 3. The number of carbonyl (C=O) groups is 2. The molecule has 27 heavy (non-hydrogen) atoms. The number of nitrogens with zero attached hydrogens (tertiary/aromatic N) is 1. The monoisotopic (exact) mass is 386 g/mol. The predicted molar refractivity (Wildman–Crippen MR) is 109 cm³/mol. The number of carbonyl (C=O) groups excluding carboxylic acids is 2. The Morgan fingerprint density at radius 2 is 1.74 bits per heavy atom. The highest BCUT2D eigenvalue weighted by molar-refractivity contribution is 6.30. The van der Waals surface area contributed by atoms with Crippen molar-refractivity contribution in [2.75, 3.05) is 7.11 Å². The molecule has 2 aromatic carbocycles. The minimum atomic E-state index is -0.455. The maximum absolute atomic E-state index is 13.0. The predicted octanol–water partition coefficient (Wildman–Crippen LogP) is 4.35. The van der Waals surface area contributed by atoms with Crippen LogP contribution in [0.3, 0.4) is 0 Å². The molecule has 6 heteroatoms. The molecule has 142 valence electrons. The summed E-state index contributed by atoms with van der Waals surface area (Å²) >= 11 is 5.90. The van der Waals surface area contributed by atoms with E-state index >= 15 is 0 Å². The molecule has 0 saturated carbocycles. The van der Waals surface area contributed by atoms with Crippen molar-refractivity contribution in [3.63, 3.8) is 0 Å². The average Bonchev–Trinajstić information content (AvgIpc) is 2.94. The van der Waals surface area contributed by atoms with Crippen LogP contribution in [0.4, 0.5) is 0 Å². The zero-order chi connectivity index (χ0) is 20.1. The van der Waals surface area contributed by atoms with Crippen LogP contribution < -0.4 is 10.5 Å². The van der Waals surface area contributed by atoms with Crippen LogP contribution in [0.25, 0.3) is 10.9 Å². The fourth-order valence-corrected chi connectivity index (χ4v) is 3.10. The zero-order valence-electron chi connectivity index (χ0n) is 15.9. The van der Waals surface area contributed by atoms with Crippen molar-refractivity contribution in [1.82, 2.24) is 4.57 Å². The Morgan fingerprint density at radius 3 is 2.30 bits per heavy atom. The first kappa shape index (κ1) is 20.5. The number of aromatic nitrogens is 1. The maximum atomic E-state index is 13.0. The van der Waals surface area contributed by atoms with Gasteiger partial charge in [-0.3, -0.25) is 14.2 Å². The molecule has 0 bridgehead atoms. The third-order valence-corrected chi connectivity index (χ3v) is 4.44. The Balaban J connectivity index is 0.00000126. The lowest BCUT2D eigenvalue weighted by atomic mass is 10.1. The highest BCUT2D eigenvalue weighted by Crippen LogP contribution is 2.30. The number of primary amides is 1. The molecule has 0 radical (unpaired) electrons. The van der Waals surface area contributed by atoms with Crippen LogP contribution in [0.5, 0.6) is 5.75 Å². The molecule has 0 atom stereocenters. The summed E-state index contributed by atoms with van der Waals surface area (Å²) in [7, 11) is 1.57. The van der Waals surface area contributed by atoms with Gasteiger partial charge in [0.1, 0.15) is 5.75 Å². The lowest BCUT2D eigenvalue weighted by Gasteiger charge is -2.08. The van der Waals surface area contributed by atoms with Crippen LogP contribution in [0.2, 0.25) is 5.02 Å². The quantitative estimate of drug-likeness (QED) is 0.724. The van der Waals surface area contributed by atoms with Gasteiger partial charge in [-0.1, -0.05) is 25.4 Å². The molecule has 5 nitrogen and oxygen atoms in total. The first-order valence-corrected chi connectivity index (χ1v) is 9.06. The number of methoxy groups -OCH3 is 1. The summed E-state index contributed by atoms with van der Waals surface area (Å²) in [5.74, 6) is -0.00159. The second kappa shape index (κ2) is 8.73. The molecule has 0 fully saturated rings. The van der Waals surface area contributed by atoms with E-state index < -0.39 is 5.91 Å². The first-order valence-electron chi connectivity index (χ1n) is 8.69. The van der Waals surface area contributed by atoms with Gasteiger partial charge < -0.3 is 10.5 Å². The summed E-state index contributed by atoms with van der Waals surface area (Å²) in [4.78, 5) is 24.5. The fourth-order valence-electron chi connectivity index (χ4n) is 2.97. The molecule has 0 unspecified atom stereocenters. The largest absolute Gasteiger partial charge is 0.497 e. The van der Waals surface area contributed by atoms with Gasteiger partial charge in [0, 0.05) is 21.7 Å². The number of rotatable bonds is 4. The van der Waals surface area contributed by atoms with E-state index in [9.17, 15) is 9.59 Å². The summed E-state index contributed by atoms with van der Waals surface area (Å²) in [6.07, 6.45) is 0.0520. The van der Waals surface area contributed by atoms with E-state index in [2.05, 4.69) is 0 Å². The smallest absolute Gasteiger partial charge is 0.262 e. The van der Waals surface area contributed by atoms with Crippen LogP contribution in [-0.2, 0) is 11.2 Å². The lowest BCUT2D eigenvalue weighted by molar-refractivity contribution is -0.117. The van der Waals surface area contributed by atoms with Gasteiger partial charge in [-0.2, -0.15) is 0 Å². The van der Waals surface area contributed by atoms with Crippen molar-refractivity contribution in [1.29, 1.82) is 0 Å². The van der Waals surface area contributed by atoms with Crippen LogP contribution >= 0.6 is 11.6 Å². The SMILES string of the molecule is CC.COc1ccc2c(c1)c(CC(N)=O)c(C)n2C(=O)c1ccc(Cl)cc1. The van der Waals surface area contributed by atoms with Gasteiger partial charge in [0.2, 0.25) is 5.91 Å². The normalized spacial score (nSPS) is 10.3. The fraction of sp³-hybridized carbons (Fsp3) is 0.238. The molecular weight excluding hydrogens is 364 g/mol. The number of benzene rings is 2. The van der Waals surface area contributed by atoms with E-state index in [0.29, 0.717) is 27.5 Å². The summed E-state index contributed by atoms with van der Waals surface area (Å²) in [6.45, 7) is 5.80. The number of nitrogens with two attached hydrogens (primary N) is 1. The van der Waals surface area contributed by atoms with Crippen molar-refractivity contribution < 1.29 is 14.3 Å². The number of amides is 1. The molecule has 0 aliphatic carbocycles. The Morgan fingerprint density at radius 1 is 1.11 bits per heavy atom. The third kappa shape index (κ3) is 4.14. The average molecular weight is 387 g/mol. The summed E-state index contributed by atoms with van der Waals surface area (Å²) in [5, 5.41) is 1.34. The number of ether oxygens (including phenoxy) is 1.